The van der Waals surface area contributed by atoms with Crippen LogP contribution in [0.25, 0.3) is 0 Å². The Morgan fingerprint density at radius 3 is 2.74 bits per heavy atom. The van der Waals surface area contributed by atoms with E-state index in [9.17, 15) is 9.59 Å². The van der Waals surface area contributed by atoms with Crippen LogP contribution in [0.2, 0.25) is 0 Å². The van der Waals surface area contributed by atoms with Gasteiger partial charge < -0.3 is 16.0 Å². The normalized spacial score (nSPS) is 20.4. The van der Waals surface area contributed by atoms with E-state index in [1.807, 2.05) is 18.7 Å². The van der Waals surface area contributed by atoms with Gasteiger partial charge in [-0.3, -0.25) is 9.59 Å². The van der Waals surface area contributed by atoms with Crippen LogP contribution >= 0.6 is 12.4 Å². The van der Waals surface area contributed by atoms with Crippen molar-refractivity contribution < 1.29 is 9.59 Å². The van der Waals surface area contributed by atoms with Crippen LogP contribution in [-0.2, 0) is 9.59 Å². The first-order valence-corrected chi connectivity index (χ1v) is 6.86. The largest absolute Gasteiger partial charge is 0.355 e. The predicted octanol–water partition coefficient (Wildman–Crippen LogP) is 0.768. The summed E-state index contributed by atoms with van der Waals surface area (Å²) in [4.78, 5) is 25.8. The summed E-state index contributed by atoms with van der Waals surface area (Å²) in [7, 11) is 0. The Labute approximate surface area is 121 Å². The summed E-state index contributed by atoms with van der Waals surface area (Å²) < 4.78 is 0. The zero-order chi connectivity index (χ0) is 13.5. The average molecular weight is 292 g/mol. The number of nitrogens with two attached hydrogens (primary N) is 1. The second-order valence-electron chi connectivity index (χ2n) is 5.01. The van der Waals surface area contributed by atoms with Crippen LogP contribution in [0.15, 0.2) is 0 Å². The molecule has 5 nitrogen and oxygen atoms in total. The quantitative estimate of drug-likeness (QED) is 0.785. The van der Waals surface area contributed by atoms with E-state index < -0.39 is 0 Å². The standard InChI is InChI=1S/C13H25N3O2.ClH/c1-3-10(2)13(18)16-8-4-5-11(9-16)12(17)15-7-6-14;/h10-11H,3-9,14H2,1-2H3,(H,15,17);1H. The number of carbonyl (C=O) groups is 2. The lowest BCUT2D eigenvalue weighted by Gasteiger charge is -2.33. The highest BCUT2D eigenvalue weighted by molar-refractivity contribution is 5.85. The molecule has 1 saturated heterocycles. The first kappa shape index (κ1) is 18.2. The van der Waals surface area contributed by atoms with Crippen LogP contribution < -0.4 is 11.1 Å². The Kier molecular flexibility index (Phi) is 8.76. The Morgan fingerprint density at radius 2 is 2.16 bits per heavy atom. The molecule has 2 amide bonds. The summed E-state index contributed by atoms with van der Waals surface area (Å²) in [5.74, 6) is 0.185. The Balaban J connectivity index is 0.00000324. The maximum atomic E-state index is 12.1. The third kappa shape index (κ3) is 5.37. The number of nitrogens with one attached hydrogen (secondary N) is 1. The van der Waals surface area contributed by atoms with Crippen LogP contribution in [0.3, 0.4) is 0 Å². The van der Waals surface area contributed by atoms with Gasteiger partial charge >= 0.3 is 0 Å². The van der Waals surface area contributed by atoms with Crippen LogP contribution in [0, 0.1) is 11.8 Å². The minimum absolute atomic E-state index is 0. The second-order valence-corrected chi connectivity index (χ2v) is 5.01. The van der Waals surface area contributed by atoms with Gasteiger partial charge in [0.2, 0.25) is 11.8 Å². The van der Waals surface area contributed by atoms with Crippen molar-refractivity contribution in [2.24, 2.45) is 17.6 Å². The third-order valence-corrected chi connectivity index (χ3v) is 3.58. The Hall–Kier alpha value is -0.810. The molecule has 2 atom stereocenters. The van der Waals surface area contributed by atoms with Crippen molar-refractivity contribution >= 4 is 24.2 Å². The lowest BCUT2D eigenvalue weighted by Crippen LogP contribution is -2.47. The van der Waals surface area contributed by atoms with E-state index in [2.05, 4.69) is 5.32 Å². The lowest BCUT2D eigenvalue weighted by molar-refractivity contribution is -0.138. The van der Waals surface area contributed by atoms with Gasteiger partial charge in [0.1, 0.15) is 0 Å². The maximum absolute atomic E-state index is 12.1. The smallest absolute Gasteiger partial charge is 0.225 e. The molecule has 2 unspecified atom stereocenters. The first-order chi connectivity index (χ1) is 8.60. The molecule has 1 aliphatic heterocycles. The summed E-state index contributed by atoms with van der Waals surface area (Å²) in [6.45, 7) is 6.25. The number of piperidine rings is 1. The minimum Gasteiger partial charge on any atom is -0.355 e. The van der Waals surface area contributed by atoms with Crippen LogP contribution in [0.4, 0.5) is 0 Å². The number of rotatable bonds is 5. The van der Waals surface area contributed by atoms with E-state index in [0.29, 0.717) is 19.6 Å². The van der Waals surface area contributed by atoms with E-state index >= 15 is 0 Å². The fraction of sp³-hybridized carbons (Fsp3) is 0.846. The number of amides is 2. The van der Waals surface area contributed by atoms with Crippen molar-refractivity contribution in [3.8, 4) is 0 Å². The van der Waals surface area contributed by atoms with Crippen molar-refractivity contribution in [1.29, 1.82) is 0 Å². The molecule has 19 heavy (non-hydrogen) atoms. The number of hydrogen-bond donors (Lipinski definition) is 2. The van der Waals surface area contributed by atoms with E-state index in [1.54, 1.807) is 0 Å². The number of carbonyl (C=O) groups excluding carboxylic acids is 2. The maximum Gasteiger partial charge on any atom is 0.225 e. The first-order valence-electron chi connectivity index (χ1n) is 6.86. The molecule has 3 N–H and O–H groups in total. The molecule has 112 valence electrons. The summed E-state index contributed by atoms with van der Waals surface area (Å²) in [5, 5.41) is 2.80. The van der Waals surface area contributed by atoms with Crippen molar-refractivity contribution in [2.45, 2.75) is 33.1 Å². The van der Waals surface area contributed by atoms with Gasteiger partial charge in [0.05, 0.1) is 5.92 Å². The molecular formula is C13H26ClN3O2. The van der Waals surface area contributed by atoms with Crippen LogP contribution in [0.5, 0.6) is 0 Å². The molecule has 0 spiro atoms. The number of nitrogens with zero attached hydrogens (tertiary/aromatic N) is 1. The van der Waals surface area contributed by atoms with E-state index in [4.69, 9.17) is 5.73 Å². The minimum atomic E-state index is -0.0710. The molecule has 0 aromatic rings. The molecule has 0 aromatic heterocycles. The van der Waals surface area contributed by atoms with Gasteiger partial charge in [-0.2, -0.15) is 0 Å². The van der Waals surface area contributed by atoms with Gasteiger partial charge in [-0.1, -0.05) is 13.8 Å². The molecule has 0 radical (unpaired) electrons. The summed E-state index contributed by atoms with van der Waals surface area (Å²) >= 11 is 0. The van der Waals surface area contributed by atoms with Crippen molar-refractivity contribution in [3.63, 3.8) is 0 Å². The van der Waals surface area contributed by atoms with Crippen molar-refractivity contribution in [3.05, 3.63) is 0 Å². The zero-order valence-electron chi connectivity index (χ0n) is 11.9. The highest BCUT2D eigenvalue weighted by atomic mass is 35.5. The lowest BCUT2D eigenvalue weighted by atomic mass is 9.95. The topological polar surface area (TPSA) is 75.4 Å². The Morgan fingerprint density at radius 1 is 1.47 bits per heavy atom. The molecule has 1 rings (SSSR count). The fourth-order valence-corrected chi connectivity index (χ4v) is 2.22. The van der Waals surface area contributed by atoms with E-state index in [1.165, 1.54) is 0 Å². The fourth-order valence-electron chi connectivity index (χ4n) is 2.22. The Bertz CT molecular complexity index is 300. The second kappa shape index (κ2) is 9.15. The van der Waals surface area contributed by atoms with E-state index in [0.717, 1.165) is 25.8 Å². The van der Waals surface area contributed by atoms with Gasteiger partial charge in [0, 0.05) is 32.1 Å². The average Bonchev–Trinajstić information content (AvgIpc) is 2.43. The SMILES string of the molecule is CCC(C)C(=O)N1CCCC(C(=O)NCCN)C1.Cl. The third-order valence-electron chi connectivity index (χ3n) is 3.58. The van der Waals surface area contributed by atoms with Gasteiger partial charge in [-0.15, -0.1) is 12.4 Å². The molecule has 0 bridgehead atoms. The van der Waals surface area contributed by atoms with Crippen LogP contribution in [-0.4, -0.2) is 42.9 Å². The van der Waals surface area contributed by atoms with Gasteiger partial charge in [0.15, 0.2) is 0 Å². The van der Waals surface area contributed by atoms with Gasteiger partial charge in [-0.05, 0) is 19.3 Å². The zero-order valence-corrected chi connectivity index (χ0v) is 12.7. The van der Waals surface area contributed by atoms with Crippen molar-refractivity contribution in [2.75, 3.05) is 26.2 Å². The summed E-state index contributed by atoms with van der Waals surface area (Å²) in [6.07, 6.45) is 2.61. The molecule has 1 aliphatic rings. The summed E-state index contributed by atoms with van der Waals surface area (Å²) in [5.41, 5.74) is 5.36. The summed E-state index contributed by atoms with van der Waals surface area (Å²) in [6, 6.07) is 0. The molecule has 0 aromatic carbocycles. The van der Waals surface area contributed by atoms with Crippen molar-refractivity contribution in [1.82, 2.24) is 10.2 Å². The molecular weight excluding hydrogens is 266 g/mol. The van der Waals surface area contributed by atoms with Crippen LogP contribution in [0.1, 0.15) is 33.1 Å². The predicted molar refractivity (Wildman–Crippen MR) is 78.1 cm³/mol. The highest BCUT2D eigenvalue weighted by Gasteiger charge is 2.29. The van der Waals surface area contributed by atoms with E-state index in [-0.39, 0.29) is 36.1 Å². The molecule has 1 heterocycles. The van der Waals surface area contributed by atoms with Gasteiger partial charge in [-0.25, -0.2) is 0 Å². The molecule has 1 fully saturated rings. The molecule has 6 heteroatoms. The number of halogens is 1. The number of hydrogen-bond acceptors (Lipinski definition) is 3. The van der Waals surface area contributed by atoms with Gasteiger partial charge in [0.25, 0.3) is 0 Å². The molecule has 0 saturated carbocycles. The number of likely N-dealkylation sites (tertiary alicyclic amines) is 1. The molecule has 0 aliphatic carbocycles. The highest BCUT2D eigenvalue weighted by Crippen LogP contribution is 2.19. The monoisotopic (exact) mass is 291 g/mol.